The van der Waals surface area contributed by atoms with E-state index in [4.69, 9.17) is 9.47 Å². The highest BCUT2D eigenvalue weighted by atomic mass is 16.5. The van der Waals surface area contributed by atoms with Crippen LogP contribution in [0.25, 0.3) is 0 Å². The number of anilines is 1. The maximum Gasteiger partial charge on any atom is 0.258 e. The number of nitrogens with zero attached hydrogens (tertiary/aromatic N) is 1. The molecule has 4 nitrogen and oxygen atoms in total. The van der Waals surface area contributed by atoms with E-state index >= 15 is 0 Å². The second-order valence-corrected chi connectivity index (χ2v) is 6.83. The quantitative estimate of drug-likeness (QED) is 0.626. The van der Waals surface area contributed by atoms with Crippen molar-refractivity contribution in [1.82, 2.24) is 0 Å². The van der Waals surface area contributed by atoms with E-state index in [2.05, 4.69) is 6.92 Å². The molecule has 1 aliphatic heterocycles. The Labute approximate surface area is 165 Å². The molecule has 3 aromatic rings. The van der Waals surface area contributed by atoms with Gasteiger partial charge >= 0.3 is 0 Å². The van der Waals surface area contributed by atoms with Gasteiger partial charge in [-0.2, -0.15) is 0 Å². The fraction of sp³-hybridized carbons (Fsp3) is 0.208. The Bertz CT molecular complexity index is 938. The van der Waals surface area contributed by atoms with Gasteiger partial charge in [-0.05, 0) is 48.4 Å². The molecule has 142 valence electrons. The predicted molar refractivity (Wildman–Crippen MR) is 110 cm³/mol. The van der Waals surface area contributed by atoms with Crippen LogP contribution in [0.3, 0.4) is 0 Å². The molecule has 0 N–H and O–H groups in total. The molecule has 0 bridgehead atoms. The van der Waals surface area contributed by atoms with Crippen molar-refractivity contribution in [2.75, 3.05) is 11.4 Å². The summed E-state index contributed by atoms with van der Waals surface area (Å²) in [5.74, 6) is 1.48. The van der Waals surface area contributed by atoms with Gasteiger partial charge in [-0.25, -0.2) is 0 Å². The Balaban J connectivity index is 1.49. The number of fused-ring (bicyclic) bond motifs is 1. The fourth-order valence-corrected chi connectivity index (χ4v) is 3.29. The first kappa shape index (κ1) is 18.1. The van der Waals surface area contributed by atoms with Crippen LogP contribution in [0.2, 0.25) is 0 Å². The predicted octanol–water partition coefficient (Wildman–Crippen LogP) is 5.08. The summed E-state index contributed by atoms with van der Waals surface area (Å²) in [5, 5.41) is 0. The molecular weight excluding hydrogens is 350 g/mol. The van der Waals surface area contributed by atoms with Crippen molar-refractivity contribution in [3.63, 3.8) is 0 Å². The Morgan fingerprint density at radius 1 is 1.00 bits per heavy atom. The third kappa shape index (κ3) is 3.86. The number of hydrogen-bond donors (Lipinski definition) is 0. The van der Waals surface area contributed by atoms with Gasteiger partial charge in [0.15, 0.2) is 0 Å². The highest BCUT2D eigenvalue weighted by Gasteiger charge is 2.29. The van der Waals surface area contributed by atoms with E-state index in [-0.39, 0.29) is 12.0 Å². The zero-order chi connectivity index (χ0) is 19.3. The van der Waals surface area contributed by atoms with Crippen LogP contribution in [0.1, 0.15) is 29.3 Å². The Morgan fingerprint density at radius 2 is 1.71 bits per heavy atom. The molecule has 1 aliphatic rings. The van der Waals surface area contributed by atoms with Gasteiger partial charge in [0.1, 0.15) is 24.2 Å². The number of carbonyl (C=O) groups is 1. The molecule has 0 saturated heterocycles. The van der Waals surface area contributed by atoms with E-state index in [1.54, 1.807) is 0 Å². The first-order valence-corrected chi connectivity index (χ1v) is 9.59. The molecule has 1 heterocycles. The molecule has 0 saturated carbocycles. The second kappa shape index (κ2) is 8.17. The van der Waals surface area contributed by atoms with Crippen LogP contribution in [0.15, 0.2) is 78.9 Å². The van der Waals surface area contributed by atoms with Crippen molar-refractivity contribution in [2.24, 2.45) is 0 Å². The van der Waals surface area contributed by atoms with Crippen molar-refractivity contribution in [3.8, 4) is 11.5 Å². The fourth-order valence-electron chi connectivity index (χ4n) is 3.29. The normalized spacial score (nSPS) is 15.5. The van der Waals surface area contributed by atoms with E-state index in [0.717, 1.165) is 29.2 Å². The molecule has 0 radical (unpaired) electrons. The lowest BCUT2D eigenvalue weighted by molar-refractivity contribution is 0.0954. The Kier molecular flexibility index (Phi) is 5.29. The molecule has 0 spiro atoms. The van der Waals surface area contributed by atoms with Gasteiger partial charge in [0.2, 0.25) is 0 Å². The van der Waals surface area contributed by atoms with Crippen LogP contribution < -0.4 is 14.4 Å². The SMILES string of the molecule is CCC1CN(C(=O)c2ccc(OCc3ccccc3)cc2)c2ccccc2O1. The van der Waals surface area contributed by atoms with E-state index in [1.165, 1.54) is 0 Å². The summed E-state index contributed by atoms with van der Waals surface area (Å²) in [4.78, 5) is 15.0. The van der Waals surface area contributed by atoms with Crippen LogP contribution in [0.5, 0.6) is 11.5 Å². The van der Waals surface area contributed by atoms with Gasteiger partial charge in [-0.3, -0.25) is 4.79 Å². The summed E-state index contributed by atoms with van der Waals surface area (Å²) in [6.07, 6.45) is 0.858. The van der Waals surface area contributed by atoms with Crippen LogP contribution in [-0.4, -0.2) is 18.6 Å². The molecule has 1 atom stereocenters. The molecule has 28 heavy (non-hydrogen) atoms. The minimum absolute atomic E-state index is 0.00679. The minimum atomic E-state index is -0.0243. The summed E-state index contributed by atoms with van der Waals surface area (Å²) < 4.78 is 11.8. The van der Waals surface area contributed by atoms with Crippen LogP contribution in [-0.2, 0) is 6.61 Å². The number of amides is 1. The first-order chi connectivity index (χ1) is 13.7. The molecule has 1 unspecified atom stereocenters. The third-order valence-corrected chi connectivity index (χ3v) is 4.89. The maximum absolute atomic E-state index is 13.1. The Hall–Kier alpha value is -3.27. The number of para-hydroxylation sites is 2. The highest BCUT2D eigenvalue weighted by Crippen LogP contribution is 2.34. The summed E-state index contributed by atoms with van der Waals surface area (Å²) in [6, 6.07) is 25.0. The summed E-state index contributed by atoms with van der Waals surface area (Å²) in [7, 11) is 0. The number of rotatable bonds is 5. The lowest BCUT2D eigenvalue weighted by atomic mass is 10.1. The van der Waals surface area contributed by atoms with Gasteiger partial charge in [0, 0.05) is 5.56 Å². The minimum Gasteiger partial charge on any atom is -0.489 e. The Morgan fingerprint density at radius 3 is 2.46 bits per heavy atom. The van der Waals surface area contributed by atoms with Crippen LogP contribution in [0.4, 0.5) is 5.69 Å². The van der Waals surface area contributed by atoms with Crippen molar-refractivity contribution < 1.29 is 14.3 Å². The van der Waals surface area contributed by atoms with E-state index < -0.39 is 0 Å². The molecule has 0 aromatic heterocycles. The van der Waals surface area contributed by atoms with Crippen LogP contribution in [0, 0.1) is 0 Å². The second-order valence-electron chi connectivity index (χ2n) is 6.83. The van der Waals surface area contributed by atoms with Crippen molar-refractivity contribution in [2.45, 2.75) is 26.1 Å². The maximum atomic E-state index is 13.1. The molecular formula is C24H23NO3. The van der Waals surface area contributed by atoms with Gasteiger partial charge < -0.3 is 14.4 Å². The van der Waals surface area contributed by atoms with E-state index in [9.17, 15) is 4.79 Å². The molecule has 1 amide bonds. The van der Waals surface area contributed by atoms with Gasteiger partial charge in [0.25, 0.3) is 5.91 Å². The van der Waals surface area contributed by atoms with Crippen molar-refractivity contribution in [1.29, 1.82) is 0 Å². The molecule has 4 rings (SSSR count). The largest absolute Gasteiger partial charge is 0.489 e. The summed E-state index contributed by atoms with van der Waals surface area (Å²) in [6.45, 7) is 3.13. The smallest absolute Gasteiger partial charge is 0.258 e. The van der Waals surface area contributed by atoms with Crippen LogP contribution >= 0.6 is 0 Å². The zero-order valence-electron chi connectivity index (χ0n) is 15.9. The van der Waals surface area contributed by atoms with Gasteiger partial charge in [-0.1, -0.05) is 49.4 Å². The van der Waals surface area contributed by atoms with Crippen molar-refractivity contribution >= 4 is 11.6 Å². The van der Waals surface area contributed by atoms with Gasteiger partial charge in [0.05, 0.1) is 12.2 Å². The third-order valence-electron chi connectivity index (χ3n) is 4.89. The standard InChI is InChI=1S/C24H23NO3/c1-2-20-16-25(22-10-6-7-11-23(22)28-20)24(26)19-12-14-21(15-13-19)27-17-18-8-4-3-5-9-18/h3-15,20H,2,16-17H2,1H3. The topological polar surface area (TPSA) is 38.8 Å². The lowest BCUT2D eigenvalue weighted by Gasteiger charge is -2.34. The summed E-state index contributed by atoms with van der Waals surface area (Å²) >= 11 is 0. The molecule has 0 aliphatic carbocycles. The number of carbonyl (C=O) groups excluding carboxylic acids is 1. The molecule has 3 aromatic carbocycles. The monoisotopic (exact) mass is 373 g/mol. The number of benzene rings is 3. The number of ether oxygens (including phenoxy) is 2. The lowest BCUT2D eigenvalue weighted by Crippen LogP contribution is -2.43. The first-order valence-electron chi connectivity index (χ1n) is 9.59. The van der Waals surface area contributed by atoms with Crippen molar-refractivity contribution in [3.05, 3.63) is 90.0 Å². The van der Waals surface area contributed by atoms with Gasteiger partial charge in [-0.15, -0.1) is 0 Å². The van der Waals surface area contributed by atoms with E-state index in [1.807, 2.05) is 83.8 Å². The zero-order valence-corrected chi connectivity index (χ0v) is 15.9. The average molecular weight is 373 g/mol. The average Bonchev–Trinajstić information content (AvgIpc) is 2.77. The number of hydrogen-bond acceptors (Lipinski definition) is 3. The molecule has 4 heteroatoms. The van der Waals surface area contributed by atoms with E-state index in [0.29, 0.717) is 18.7 Å². The highest BCUT2D eigenvalue weighted by molar-refractivity contribution is 6.07. The molecule has 0 fully saturated rings. The summed E-state index contributed by atoms with van der Waals surface area (Å²) in [5.41, 5.74) is 2.57.